The first kappa shape index (κ1) is 22.9. The second kappa shape index (κ2) is 13.0. The van der Waals surface area contributed by atoms with E-state index in [1.54, 1.807) is 5.57 Å². The number of carbonyl (C=O) groups excluding carboxylic acids is 1. The molecule has 0 N–H and O–H groups in total. The fourth-order valence-electron chi connectivity index (χ4n) is 4.44. The predicted molar refractivity (Wildman–Crippen MR) is 122 cm³/mol. The van der Waals surface area contributed by atoms with Crippen LogP contribution in [0.2, 0.25) is 0 Å². The zero-order valence-corrected chi connectivity index (χ0v) is 19.7. The van der Waals surface area contributed by atoms with Crippen molar-refractivity contribution in [3.63, 3.8) is 0 Å². The molecule has 0 heterocycles. The number of hydrogen-bond donors (Lipinski definition) is 0. The molecule has 0 aromatic rings. The van der Waals surface area contributed by atoms with Crippen LogP contribution < -0.4 is 0 Å². The van der Waals surface area contributed by atoms with E-state index in [9.17, 15) is 4.79 Å². The normalized spacial score (nSPS) is 28.8. The highest BCUT2D eigenvalue weighted by atomic mass is 127. The molecule has 27 heavy (non-hydrogen) atoms. The molecule has 150 valence electrons. The lowest BCUT2D eigenvalue weighted by Crippen LogP contribution is -2.17. The van der Waals surface area contributed by atoms with Crippen molar-refractivity contribution < 1.29 is 14.1 Å². The van der Waals surface area contributed by atoms with E-state index in [1.165, 1.54) is 26.4 Å². The Bertz CT molecular complexity index is 590. The van der Waals surface area contributed by atoms with E-state index in [4.69, 9.17) is 9.26 Å². The van der Waals surface area contributed by atoms with Crippen LogP contribution in [-0.4, -0.2) is 19.2 Å². The molecule has 2 aliphatic rings. The Balaban J connectivity index is 1.86. The lowest BCUT2D eigenvalue weighted by molar-refractivity contribution is -0.140. The van der Waals surface area contributed by atoms with Crippen LogP contribution in [0.15, 0.2) is 23.8 Å². The van der Waals surface area contributed by atoms with Gasteiger partial charge in [-0.2, -0.15) is 0 Å². The van der Waals surface area contributed by atoms with Crippen LogP contribution in [0.25, 0.3) is 0 Å². The average Bonchev–Trinajstić information content (AvgIpc) is 3.19. The Labute approximate surface area is 179 Å². The van der Waals surface area contributed by atoms with Gasteiger partial charge in [0.05, 0.1) is 19.7 Å². The first-order valence-electron chi connectivity index (χ1n) is 10.0. The van der Waals surface area contributed by atoms with Gasteiger partial charge >= 0.3 is 5.97 Å². The van der Waals surface area contributed by atoms with Crippen molar-refractivity contribution in [1.82, 2.24) is 0 Å². The molecule has 5 heteroatoms. The second-order valence-electron chi connectivity index (χ2n) is 7.46. The minimum Gasteiger partial charge on any atom is -0.469 e. The molecule has 0 aromatic carbocycles. The third kappa shape index (κ3) is 7.52. The lowest BCUT2D eigenvalue weighted by Gasteiger charge is -2.20. The van der Waals surface area contributed by atoms with E-state index >= 15 is 0 Å². The Morgan fingerprint density at radius 1 is 1.33 bits per heavy atom. The highest BCUT2D eigenvalue weighted by Crippen LogP contribution is 2.53. The monoisotopic (exact) mass is 502 g/mol. The van der Waals surface area contributed by atoms with Gasteiger partial charge in [-0.15, -0.1) is 11.8 Å². The average molecular weight is 502 g/mol. The number of ether oxygens (including phenoxy) is 1. The van der Waals surface area contributed by atoms with E-state index in [1.807, 2.05) is 6.92 Å². The predicted octanol–water partition coefficient (Wildman–Crippen LogP) is 6.38. The maximum atomic E-state index is 11.2. The van der Waals surface area contributed by atoms with E-state index in [2.05, 4.69) is 52.1 Å². The lowest BCUT2D eigenvalue weighted by atomic mass is 9.90. The number of unbranched alkanes of at least 4 members (excludes halogenated alkanes) is 3. The molecule has 2 saturated carbocycles. The van der Waals surface area contributed by atoms with Crippen molar-refractivity contribution in [3.8, 4) is 11.8 Å². The molecule has 2 aliphatic carbocycles. The number of carbonyl (C=O) groups is 1. The SMILES string of the molecule is CC#CCCC/C=C/C1[C@H]2CC(=CCCCC(=O)OC)C[C@H]2C[C@H]1OPI. The van der Waals surface area contributed by atoms with E-state index in [0.29, 0.717) is 24.9 Å². The fraction of sp³-hybridized carbons (Fsp3) is 0.682. The summed E-state index contributed by atoms with van der Waals surface area (Å²) in [5.74, 6) is 8.03. The number of halogens is 1. The molecular formula is C22H32IO3P. The van der Waals surface area contributed by atoms with Gasteiger partial charge in [-0.05, 0) is 85.7 Å². The molecule has 0 bridgehead atoms. The highest BCUT2D eigenvalue weighted by molar-refractivity contribution is 14.2. The molecule has 2 unspecified atom stereocenters. The third-order valence-electron chi connectivity index (χ3n) is 5.74. The van der Waals surface area contributed by atoms with Gasteiger partial charge in [0.25, 0.3) is 0 Å². The van der Waals surface area contributed by atoms with Gasteiger partial charge in [0, 0.05) is 18.8 Å². The molecule has 3 nitrogen and oxygen atoms in total. The van der Waals surface area contributed by atoms with Crippen molar-refractivity contribution in [3.05, 3.63) is 23.8 Å². The Hall–Kier alpha value is -0.370. The van der Waals surface area contributed by atoms with E-state index in [-0.39, 0.29) is 5.97 Å². The van der Waals surface area contributed by atoms with Crippen LogP contribution in [0.5, 0.6) is 0 Å². The maximum Gasteiger partial charge on any atom is 0.305 e. The maximum absolute atomic E-state index is 11.2. The summed E-state index contributed by atoms with van der Waals surface area (Å²) in [6.45, 7) is 2.44. The van der Waals surface area contributed by atoms with Crippen molar-refractivity contribution in [2.75, 3.05) is 7.11 Å². The number of rotatable bonds is 10. The zero-order valence-electron chi connectivity index (χ0n) is 16.5. The molecule has 0 radical (unpaired) electrons. The number of hydrogen-bond acceptors (Lipinski definition) is 3. The highest BCUT2D eigenvalue weighted by Gasteiger charge is 2.46. The molecule has 0 amide bonds. The van der Waals surface area contributed by atoms with Crippen LogP contribution in [0.3, 0.4) is 0 Å². The molecular weight excluding hydrogens is 470 g/mol. The van der Waals surface area contributed by atoms with Crippen LogP contribution in [0, 0.1) is 29.6 Å². The van der Waals surface area contributed by atoms with Gasteiger partial charge in [-0.1, -0.05) is 23.8 Å². The summed E-state index contributed by atoms with van der Waals surface area (Å²) in [6.07, 6.45) is 16.8. The molecule has 2 fully saturated rings. The largest absolute Gasteiger partial charge is 0.469 e. The standard InChI is InChI=1S/C22H32IO3P/c1-3-4-5-6-7-8-12-19-20-15-17(11-9-10-13-22(24)25-2)14-18(20)16-21(19)26-27-23/h8,11-12,18-21,27H,5-7,9-10,13-16H2,1-2H3/b12-8+,17-11?/t18-,19?,20-,21+/m0/s1. The van der Waals surface area contributed by atoms with Crippen molar-refractivity contribution in [2.24, 2.45) is 17.8 Å². The van der Waals surface area contributed by atoms with Gasteiger partial charge in [-0.25, -0.2) is 0 Å². The number of esters is 1. The second-order valence-corrected chi connectivity index (χ2v) is 9.17. The Morgan fingerprint density at radius 3 is 2.93 bits per heavy atom. The first-order valence-corrected chi connectivity index (χ1v) is 14.0. The summed E-state index contributed by atoms with van der Waals surface area (Å²) in [5, 5.41) is 0. The number of fused-ring (bicyclic) bond motifs is 1. The molecule has 5 atom stereocenters. The summed E-state index contributed by atoms with van der Waals surface area (Å²) in [6, 6.07) is 0. The van der Waals surface area contributed by atoms with Crippen molar-refractivity contribution in [1.29, 1.82) is 0 Å². The molecule has 0 saturated heterocycles. The third-order valence-corrected chi connectivity index (χ3v) is 6.89. The topological polar surface area (TPSA) is 35.5 Å². The summed E-state index contributed by atoms with van der Waals surface area (Å²) in [4.78, 5) is 11.2. The van der Waals surface area contributed by atoms with Crippen LogP contribution in [0.4, 0.5) is 0 Å². The van der Waals surface area contributed by atoms with Gasteiger partial charge in [0.15, 0.2) is 0 Å². The molecule has 0 aliphatic heterocycles. The van der Waals surface area contributed by atoms with Gasteiger partial charge in [-0.3, -0.25) is 4.79 Å². The summed E-state index contributed by atoms with van der Waals surface area (Å²) in [7, 11) is 1.46. The number of methoxy groups -OCH3 is 1. The summed E-state index contributed by atoms with van der Waals surface area (Å²) in [5.41, 5.74) is 1.59. The summed E-state index contributed by atoms with van der Waals surface area (Å²) < 4.78 is 10.8. The van der Waals surface area contributed by atoms with Crippen molar-refractivity contribution in [2.45, 2.75) is 70.8 Å². The molecule has 0 aromatic heterocycles. The number of allylic oxidation sites excluding steroid dienone is 3. The molecule has 0 spiro atoms. The zero-order chi connectivity index (χ0) is 19.5. The minimum atomic E-state index is -0.105. The van der Waals surface area contributed by atoms with Gasteiger partial charge in [0.2, 0.25) is 0 Å². The quantitative estimate of drug-likeness (QED) is 0.0869. The van der Waals surface area contributed by atoms with Crippen molar-refractivity contribution >= 4 is 34.5 Å². The molecule has 2 rings (SSSR count). The smallest absolute Gasteiger partial charge is 0.305 e. The first-order chi connectivity index (χ1) is 13.2. The van der Waals surface area contributed by atoms with Gasteiger partial charge < -0.3 is 9.26 Å². The Morgan fingerprint density at radius 2 is 2.19 bits per heavy atom. The van der Waals surface area contributed by atoms with Crippen LogP contribution >= 0.6 is 28.5 Å². The minimum absolute atomic E-state index is 0.105. The van der Waals surface area contributed by atoms with E-state index < -0.39 is 0 Å². The Kier molecular flexibility index (Phi) is 11.0. The van der Waals surface area contributed by atoms with Crippen LogP contribution in [-0.2, 0) is 14.1 Å². The fourth-order valence-corrected chi connectivity index (χ4v) is 5.79. The van der Waals surface area contributed by atoms with Gasteiger partial charge in [0.1, 0.15) is 0 Å². The summed E-state index contributed by atoms with van der Waals surface area (Å²) >= 11 is 2.34. The van der Waals surface area contributed by atoms with Crippen LogP contribution in [0.1, 0.15) is 64.7 Å². The van der Waals surface area contributed by atoms with E-state index in [0.717, 1.165) is 43.9 Å².